The first-order valence-electron chi connectivity index (χ1n) is 6.77. The highest BCUT2D eigenvalue weighted by Gasteiger charge is 2.02. The van der Waals surface area contributed by atoms with E-state index in [0.717, 1.165) is 28.3 Å². The summed E-state index contributed by atoms with van der Waals surface area (Å²) in [4.78, 5) is 13.2. The van der Waals surface area contributed by atoms with E-state index in [0.29, 0.717) is 6.54 Å². The Labute approximate surface area is 131 Å². The van der Waals surface area contributed by atoms with Gasteiger partial charge in [-0.2, -0.15) is 0 Å². The molecule has 0 atom stereocenters. The lowest BCUT2D eigenvalue weighted by atomic mass is 10.2. The van der Waals surface area contributed by atoms with E-state index in [1.54, 1.807) is 17.4 Å². The van der Waals surface area contributed by atoms with Gasteiger partial charge in [0.05, 0.1) is 9.85 Å². The Morgan fingerprint density at radius 3 is 2.76 bits per heavy atom. The van der Waals surface area contributed by atoms with Crippen molar-refractivity contribution in [3.8, 4) is 0 Å². The standard InChI is InChI=1S/C16H15ClN2OS/c17-15-7-6-13(21-15)11-18-9-10-19-14-4-2-1-3-12(14)5-8-16(19)20/h1-8,18H,9-11H2. The molecular weight excluding hydrogens is 304 g/mol. The average molecular weight is 319 g/mol. The van der Waals surface area contributed by atoms with Gasteiger partial charge >= 0.3 is 0 Å². The normalized spacial score (nSPS) is 11.1. The molecule has 0 saturated heterocycles. The number of hydrogen-bond donors (Lipinski definition) is 1. The Bertz CT molecular complexity index is 809. The summed E-state index contributed by atoms with van der Waals surface area (Å²) in [6.07, 6.45) is 0. The number of para-hydroxylation sites is 1. The van der Waals surface area contributed by atoms with E-state index in [2.05, 4.69) is 5.32 Å². The number of nitrogens with zero attached hydrogens (tertiary/aromatic N) is 1. The average Bonchev–Trinajstić information content (AvgIpc) is 2.91. The van der Waals surface area contributed by atoms with Gasteiger partial charge in [0.25, 0.3) is 5.56 Å². The lowest BCUT2D eigenvalue weighted by Crippen LogP contribution is -2.26. The van der Waals surface area contributed by atoms with Gasteiger partial charge in [0.2, 0.25) is 0 Å². The fourth-order valence-corrected chi connectivity index (χ4v) is 3.38. The number of aromatic nitrogens is 1. The first kappa shape index (κ1) is 14.3. The van der Waals surface area contributed by atoms with Crippen molar-refractivity contribution < 1.29 is 0 Å². The van der Waals surface area contributed by atoms with Gasteiger partial charge in [-0.15, -0.1) is 11.3 Å². The van der Waals surface area contributed by atoms with Crippen LogP contribution in [-0.4, -0.2) is 11.1 Å². The van der Waals surface area contributed by atoms with Crippen LogP contribution in [0, 0.1) is 0 Å². The van der Waals surface area contributed by atoms with E-state index < -0.39 is 0 Å². The second-order valence-corrected chi connectivity index (χ2v) is 6.56. The molecule has 1 aromatic carbocycles. The van der Waals surface area contributed by atoms with Gasteiger partial charge in [0.1, 0.15) is 0 Å². The van der Waals surface area contributed by atoms with E-state index >= 15 is 0 Å². The van der Waals surface area contributed by atoms with Gasteiger partial charge in [-0.25, -0.2) is 0 Å². The summed E-state index contributed by atoms with van der Waals surface area (Å²) in [6, 6.07) is 15.4. The number of nitrogens with one attached hydrogen (secondary N) is 1. The summed E-state index contributed by atoms with van der Waals surface area (Å²) in [5.41, 5.74) is 1.01. The highest BCUT2D eigenvalue weighted by Crippen LogP contribution is 2.20. The molecule has 0 unspecified atom stereocenters. The van der Waals surface area contributed by atoms with E-state index in [1.807, 2.05) is 47.0 Å². The smallest absolute Gasteiger partial charge is 0.251 e. The predicted octanol–water partition coefficient (Wildman–Crippen LogP) is 3.51. The quantitative estimate of drug-likeness (QED) is 0.730. The van der Waals surface area contributed by atoms with Crippen molar-refractivity contribution in [1.82, 2.24) is 9.88 Å². The van der Waals surface area contributed by atoms with E-state index in [9.17, 15) is 4.79 Å². The maximum atomic E-state index is 12.0. The number of benzene rings is 1. The minimum atomic E-state index is 0.0367. The second-order valence-electron chi connectivity index (χ2n) is 4.76. The van der Waals surface area contributed by atoms with E-state index in [-0.39, 0.29) is 5.56 Å². The Kier molecular flexibility index (Phi) is 4.39. The maximum Gasteiger partial charge on any atom is 0.251 e. The van der Waals surface area contributed by atoms with Crippen molar-refractivity contribution in [2.24, 2.45) is 0 Å². The third-order valence-electron chi connectivity index (χ3n) is 3.34. The molecule has 2 heterocycles. The van der Waals surface area contributed by atoms with Crippen LogP contribution < -0.4 is 10.9 Å². The molecule has 3 rings (SSSR count). The van der Waals surface area contributed by atoms with Crippen LogP contribution in [0.3, 0.4) is 0 Å². The SMILES string of the molecule is O=c1ccc2ccccc2n1CCNCc1ccc(Cl)s1. The molecule has 5 heteroatoms. The number of thiophene rings is 1. The third kappa shape index (κ3) is 3.35. The molecule has 3 nitrogen and oxygen atoms in total. The summed E-state index contributed by atoms with van der Waals surface area (Å²) in [5.74, 6) is 0. The lowest BCUT2D eigenvalue weighted by Gasteiger charge is -2.10. The number of pyridine rings is 1. The number of halogens is 1. The summed E-state index contributed by atoms with van der Waals surface area (Å²) >= 11 is 7.47. The number of rotatable bonds is 5. The van der Waals surface area contributed by atoms with Gasteiger partial charge in [0, 0.05) is 30.6 Å². The van der Waals surface area contributed by atoms with Crippen LogP contribution in [0.2, 0.25) is 4.34 Å². The largest absolute Gasteiger partial charge is 0.310 e. The third-order valence-corrected chi connectivity index (χ3v) is 4.57. The molecule has 0 radical (unpaired) electrons. The highest BCUT2D eigenvalue weighted by molar-refractivity contribution is 7.16. The van der Waals surface area contributed by atoms with E-state index in [1.165, 1.54) is 4.88 Å². The Morgan fingerprint density at radius 1 is 1.10 bits per heavy atom. The van der Waals surface area contributed by atoms with Gasteiger partial charge in [-0.05, 0) is 29.7 Å². The van der Waals surface area contributed by atoms with Crippen molar-refractivity contribution in [2.75, 3.05) is 6.54 Å². The van der Waals surface area contributed by atoms with Crippen molar-refractivity contribution >= 4 is 33.8 Å². The van der Waals surface area contributed by atoms with Gasteiger partial charge in [0.15, 0.2) is 0 Å². The van der Waals surface area contributed by atoms with E-state index in [4.69, 9.17) is 11.6 Å². The lowest BCUT2D eigenvalue weighted by molar-refractivity contribution is 0.601. The minimum absolute atomic E-state index is 0.0367. The monoisotopic (exact) mass is 318 g/mol. The molecule has 108 valence electrons. The van der Waals surface area contributed by atoms with Gasteiger partial charge < -0.3 is 9.88 Å². The highest BCUT2D eigenvalue weighted by atomic mass is 35.5. The molecule has 0 aliphatic carbocycles. The molecule has 1 N–H and O–H groups in total. The molecule has 0 aliphatic heterocycles. The van der Waals surface area contributed by atoms with Gasteiger partial charge in [-0.3, -0.25) is 4.79 Å². The number of hydrogen-bond acceptors (Lipinski definition) is 3. The fourth-order valence-electron chi connectivity index (χ4n) is 2.32. The zero-order chi connectivity index (χ0) is 14.7. The molecule has 21 heavy (non-hydrogen) atoms. The fraction of sp³-hybridized carbons (Fsp3) is 0.188. The zero-order valence-electron chi connectivity index (χ0n) is 11.4. The van der Waals surface area contributed by atoms with Crippen LogP contribution in [0.4, 0.5) is 0 Å². The van der Waals surface area contributed by atoms with Crippen molar-refractivity contribution in [1.29, 1.82) is 0 Å². The first-order valence-corrected chi connectivity index (χ1v) is 7.97. The van der Waals surface area contributed by atoms with Crippen LogP contribution in [-0.2, 0) is 13.1 Å². The molecule has 0 amide bonds. The van der Waals surface area contributed by atoms with Crippen LogP contribution in [0.15, 0.2) is 53.3 Å². The maximum absolute atomic E-state index is 12.0. The van der Waals surface area contributed by atoms with Gasteiger partial charge in [-0.1, -0.05) is 29.8 Å². The summed E-state index contributed by atoms with van der Waals surface area (Å²) in [7, 11) is 0. The molecule has 0 aliphatic rings. The second kappa shape index (κ2) is 6.43. The first-order chi connectivity index (χ1) is 10.2. The Morgan fingerprint density at radius 2 is 1.95 bits per heavy atom. The van der Waals surface area contributed by atoms with Crippen molar-refractivity contribution in [2.45, 2.75) is 13.1 Å². The molecule has 0 fully saturated rings. The topological polar surface area (TPSA) is 34.0 Å². The molecule has 3 aromatic rings. The number of fused-ring (bicyclic) bond motifs is 1. The molecular formula is C16H15ClN2OS. The van der Waals surface area contributed by atoms with Crippen LogP contribution >= 0.6 is 22.9 Å². The molecule has 0 spiro atoms. The Balaban J connectivity index is 1.68. The van der Waals surface area contributed by atoms with Crippen LogP contribution in [0.1, 0.15) is 4.88 Å². The minimum Gasteiger partial charge on any atom is -0.310 e. The molecule has 2 aromatic heterocycles. The van der Waals surface area contributed by atoms with Crippen molar-refractivity contribution in [3.05, 3.63) is 68.1 Å². The molecule has 0 saturated carbocycles. The van der Waals surface area contributed by atoms with Crippen LogP contribution in [0.5, 0.6) is 0 Å². The summed E-state index contributed by atoms with van der Waals surface area (Å²) < 4.78 is 2.61. The summed E-state index contributed by atoms with van der Waals surface area (Å²) in [6.45, 7) is 2.17. The summed E-state index contributed by atoms with van der Waals surface area (Å²) in [5, 5.41) is 4.43. The predicted molar refractivity (Wildman–Crippen MR) is 89.2 cm³/mol. The Hall–Kier alpha value is -1.62. The van der Waals surface area contributed by atoms with Crippen LogP contribution in [0.25, 0.3) is 10.9 Å². The molecule has 0 bridgehead atoms. The van der Waals surface area contributed by atoms with Crippen molar-refractivity contribution in [3.63, 3.8) is 0 Å². The zero-order valence-corrected chi connectivity index (χ0v) is 13.0.